The number of benzene rings is 2. The summed E-state index contributed by atoms with van der Waals surface area (Å²) in [5.74, 6) is -0.632. The number of fused-ring (bicyclic) bond motifs is 1. The zero-order valence-electron chi connectivity index (χ0n) is 18.5. The van der Waals surface area contributed by atoms with Gasteiger partial charge in [0.2, 0.25) is 0 Å². The molecule has 0 bridgehead atoms. The van der Waals surface area contributed by atoms with Gasteiger partial charge in [0.1, 0.15) is 10.9 Å². The van der Waals surface area contributed by atoms with Gasteiger partial charge in [0.05, 0.1) is 11.1 Å². The van der Waals surface area contributed by atoms with Crippen molar-refractivity contribution < 1.29 is 13.9 Å². The average Bonchev–Trinajstić information content (AvgIpc) is 2.79. The Morgan fingerprint density at radius 2 is 1.88 bits per heavy atom. The third-order valence-electron chi connectivity index (χ3n) is 5.73. The summed E-state index contributed by atoms with van der Waals surface area (Å²) in [5.41, 5.74) is 2.66. The summed E-state index contributed by atoms with van der Waals surface area (Å²) in [7, 11) is 1.83. The highest BCUT2D eigenvalue weighted by atomic mass is 35.5. The van der Waals surface area contributed by atoms with Crippen LogP contribution in [0.1, 0.15) is 34.1 Å². The van der Waals surface area contributed by atoms with Crippen LogP contribution in [0, 0.1) is 12.7 Å². The Labute approximate surface area is 195 Å². The van der Waals surface area contributed by atoms with Crippen LogP contribution in [0.4, 0.5) is 4.39 Å². The smallest absolute Gasteiger partial charge is 0.200 e. The van der Waals surface area contributed by atoms with Gasteiger partial charge in [-0.15, -0.1) is 0 Å². The fourth-order valence-electron chi connectivity index (χ4n) is 3.84. The van der Waals surface area contributed by atoms with Crippen LogP contribution < -0.4 is 10.2 Å². The van der Waals surface area contributed by atoms with Gasteiger partial charge in [-0.2, -0.15) is 0 Å². The highest BCUT2D eigenvalue weighted by Gasteiger charge is 2.20. The second-order valence-electron chi connectivity index (χ2n) is 7.83. The van der Waals surface area contributed by atoms with Crippen molar-refractivity contribution >= 4 is 28.3 Å². The van der Waals surface area contributed by atoms with Crippen molar-refractivity contribution in [3.05, 3.63) is 98.3 Å². The molecular weight excluding hydrogens is 443 g/mol. The van der Waals surface area contributed by atoms with Crippen molar-refractivity contribution in [3.8, 4) is 11.5 Å². The maximum Gasteiger partial charge on any atom is 0.200 e. The van der Waals surface area contributed by atoms with Crippen molar-refractivity contribution in [2.24, 2.45) is 7.05 Å². The third kappa shape index (κ3) is 4.52. The van der Waals surface area contributed by atoms with Gasteiger partial charge in [-0.25, -0.2) is 9.37 Å². The van der Waals surface area contributed by atoms with Gasteiger partial charge in [-0.3, -0.25) is 9.59 Å². The number of pyridine rings is 2. The van der Waals surface area contributed by atoms with Crippen molar-refractivity contribution in [3.63, 3.8) is 0 Å². The summed E-state index contributed by atoms with van der Waals surface area (Å²) in [4.78, 5) is 30.2. The molecule has 168 valence electrons. The predicted molar refractivity (Wildman–Crippen MR) is 127 cm³/mol. The van der Waals surface area contributed by atoms with E-state index in [-0.39, 0.29) is 34.1 Å². The van der Waals surface area contributed by atoms with E-state index < -0.39 is 5.82 Å². The molecule has 2 aromatic carbocycles. The number of carbonyl (C=O) groups excluding carboxylic acids is 1. The van der Waals surface area contributed by atoms with Crippen molar-refractivity contribution in [1.29, 1.82) is 0 Å². The molecule has 0 atom stereocenters. The highest BCUT2D eigenvalue weighted by Crippen LogP contribution is 2.27. The molecule has 4 aromatic rings. The first kappa shape index (κ1) is 22.7. The summed E-state index contributed by atoms with van der Waals surface area (Å²) >= 11 is 5.83. The van der Waals surface area contributed by atoms with Gasteiger partial charge in [-0.1, -0.05) is 30.7 Å². The van der Waals surface area contributed by atoms with Crippen LogP contribution in [0.25, 0.3) is 10.9 Å². The molecular formula is C26H22ClFN2O3. The molecule has 0 saturated heterocycles. The van der Waals surface area contributed by atoms with Crippen LogP contribution in [0.2, 0.25) is 5.15 Å². The molecule has 2 heterocycles. The summed E-state index contributed by atoms with van der Waals surface area (Å²) in [6.45, 7) is 3.76. The summed E-state index contributed by atoms with van der Waals surface area (Å²) < 4.78 is 22.0. The van der Waals surface area contributed by atoms with Crippen LogP contribution >= 0.6 is 11.6 Å². The zero-order valence-corrected chi connectivity index (χ0v) is 19.2. The number of hydrogen-bond acceptors (Lipinski definition) is 4. The van der Waals surface area contributed by atoms with Crippen LogP contribution in [-0.2, 0) is 19.9 Å². The molecule has 7 heteroatoms. The van der Waals surface area contributed by atoms with Gasteiger partial charge in [-0.05, 0) is 54.8 Å². The molecule has 0 aliphatic rings. The predicted octanol–water partition coefficient (Wildman–Crippen LogP) is 5.81. The number of ketones is 1. The van der Waals surface area contributed by atoms with Crippen molar-refractivity contribution in [2.45, 2.75) is 26.7 Å². The van der Waals surface area contributed by atoms with E-state index in [0.717, 1.165) is 17.5 Å². The molecule has 2 aromatic heterocycles. The lowest BCUT2D eigenvalue weighted by Crippen LogP contribution is -2.23. The number of aromatic nitrogens is 2. The number of rotatable bonds is 6. The van der Waals surface area contributed by atoms with Crippen LogP contribution in [0.15, 0.2) is 59.5 Å². The number of Topliss-reactive ketones (excluding diaryl/α,β-unsaturated/α-hetero) is 1. The van der Waals surface area contributed by atoms with Crippen LogP contribution in [0.3, 0.4) is 0 Å². The minimum Gasteiger partial charge on any atom is -0.454 e. The molecule has 0 aliphatic heterocycles. The second kappa shape index (κ2) is 9.16. The van der Waals surface area contributed by atoms with Crippen molar-refractivity contribution in [2.75, 3.05) is 0 Å². The van der Waals surface area contributed by atoms with E-state index in [9.17, 15) is 14.0 Å². The minimum atomic E-state index is -0.621. The van der Waals surface area contributed by atoms with E-state index in [4.69, 9.17) is 16.3 Å². The lowest BCUT2D eigenvalue weighted by Gasteiger charge is -2.15. The first-order valence-electron chi connectivity index (χ1n) is 10.5. The zero-order chi connectivity index (χ0) is 23.7. The van der Waals surface area contributed by atoms with Crippen molar-refractivity contribution in [1.82, 2.24) is 9.55 Å². The van der Waals surface area contributed by atoms with Gasteiger partial charge in [0, 0.05) is 36.8 Å². The molecule has 0 amide bonds. The van der Waals surface area contributed by atoms with E-state index >= 15 is 0 Å². The minimum absolute atomic E-state index is 0.00152. The van der Waals surface area contributed by atoms with E-state index in [1.54, 1.807) is 19.1 Å². The fraction of sp³-hybridized carbons (Fsp3) is 0.192. The van der Waals surface area contributed by atoms with E-state index in [2.05, 4.69) is 4.98 Å². The van der Waals surface area contributed by atoms with Crippen LogP contribution in [0.5, 0.6) is 11.5 Å². The summed E-state index contributed by atoms with van der Waals surface area (Å²) in [6.07, 6.45) is 2.14. The number of carbonyl (C=O) groups is 1. The fourth-order valence-corrected chi connectivity index (χ4v) is 4.00. The summed E-state index contributed by atoms with van der Waals surface area (Å²) in [6, 6.07) is 13.1. The third-order valence-corrected chi connectivity index (χ3v) is 5.94. The largest absolute Gasteiger partial charge is 0.454 e. The highest BCUT2D eigenvalue weighted by molar-refractivity contribution is 6.29. The lowest BCUT2D eigenvalue weighted by molar-refractivity contribution is 0.0990. The normalized spacial score (nSPS) is 11.1. The molecule has 5 nitrogen and oxygen atoms in total. The maximum absolute atomic E-state index is 14.7. The SMILES string of the molecule is CCc1ccc2c(c1)c(=O)c(C(=O)Cc1ccc(Oc3ccnc(Cl)c3)c(F)c1)c(C)n2C. The Balaban J connectivity index is 1.64. The van der Waals surface area contributed by atoms with E-state index in [0.29, 0.717) is 22.4 Å². The Morgan fingerprint density at radius 1 is 1.12 bits per heavy atom. The average molecular weight is 465 g/mol. The number of ether oxygens (including phenoxy) is 1. The Kier molecular flexibility index (Phi) is 6.29. The number of halogens is 2. The molecule has 0 spiro atoms. The number of hydrogen-bond donors (Lipinski definition) is 0. The molecule has 33 heavy (non-hydrogen) atoms. The van der Waals surface area contributed by atoms with Gasteiger partial charge >= 0.3 is 0 Å². The molecule has 0 N–H and O–H groups in total. The number of nitrogens with zero attached hydrogens (tertiary/aromatic N) is 2. The molecule has 4 rings (SSSR count). The summed E-state index contributed by atoms with van der Waals surface area (Å²) in [5, 5.41) is 0.741. The van der Waals surface area contributed by atoms with E-state index in [1.165, 1.54) is 24.4 Å². The van der Waals surface area contributed by atoms with Gasteiger partial charge < -0.3 is 9.30 Å². The maximum atomic E-state index is 14.7. The topological polar surface area (TPSA) is 61.2 Å². The molecule has 0 fully saturated rings. The monoisotopic (exact) mass is 464 g/mol. The molecule has 0 radical (unpaired) electrons. The first-order valence-corrected chi connectivity index (χ1v) is 10.9. The Morgan fingerprint density at radius 3 is 2.58 bits per heavy atom. The second-order valence-corrected chi connectivity index (χ2v) is 8.22. The molecule has 0 aliphatic carbocycles. The lowest BCUT2D eigenvalue weighted by atomic mass is 9.98. The standard InChI is InChI=1S/C26H22ClFN2O3/c1-4-16-5-7-21-19(11-16)26(32)25(15(2)30(21)3)22(31)13-17-6-8-23(20(28)12-17)33-18-9-10-29-24(27)14-18/h5-12,14H,4,13H2,1-3H3. The number of aryl methyl sites for hydroxylation is 2. The quantitative estimate of drug-likeness (QED) is 0.266. The Bertz CT molecular complexity index is 1450. The van der Waals surface area contributed by atoms with Gasteiger partial charge in [0.25, 0.3) is 0 Å². The molecule has 0 unspecified atom stereocenters. The van der Waals surface area contributed by atoms with Gasteiger partial charge in [0.15, 0.2) is 22.8 Å². The first-order chi connectivity index (χ1) is 15.8. The van der Waals surface area contributed by atoms with E-state index in [1.807, 2.05) is 36.7 Å². The van der Waals surface area contributed by atoms with Crippen LogP contribution in [-0.4, -0.2) is 15.3 Å². The Hall–Kier alpha value is -3.51. The molecule has 0 saturated carbocycles.